The van der Waals surface area contributed by atoms with Crippen LogP contribution in [0.5, 0.6) is 5.75 Å². The summed E-state index contributed by atoms with van der Waals surface area (Å²) >= 11 is 0. The third kappa shape index (κ3) is 8.00. The first kappa shape index (κ1) is 24.8. The van der Waals surface area contributed by atoms with Crippen LogP contribution >= 0.6 is 24.0 Å². The van der Waals surface area contributed by atoms with E-state index in [0.717, 1.165) is 25.5 Å². The Bertz CT molecular complexity index is 624. The smallest absolute Gasteiger partial charge is 0.416 e. The first-order chi connectivity index (χ1) is 12.9. The van der Waals surface area contributed by atoms with Gasteiger partial charge in [-0.15, -0.1) is 24.0 Å². The molecule has 0 amide bonds. The van der Waals surface area contributed by atoms with Crippen molar-refractivity contribution in [2.75, 3.05) is 40.5 Å². The van der Waals surface area contributed by atoms with E-state index in [9.17, 15) is 13.2 Å². The van der Waals surface area contributed by atoms with E-state index in [1.807, 2.05) is 0 Å². The van der Waals surface area contributed by atoms with Crippen LogP contribution in [0, 0.1) is 0 Å². The fraction of sp³-hybridized carbons (Fsp3) is 0.611. The predicted octanol–water partition coefficient (Wildman–Crippen LogP) is 3.19. The SMILES string of the molecule is CN=C(NCCCOC1CCOC1)NCc1ccc(OC)cc1C(F)(F)F.I. The summed E-state index contributed by atoms with van der Waals surface area (Å²) in [5.41, 5.74) is -0.604. The lowest BCUT2D eigenvalue weighted by molar-refractivity contribution is -0.138. The van der Waals surface area contributed by atoms with Crippen LogP contribution in [0.3, 0.4) is 0 Å². The fourth-order valence-electron chi connectivity index (χ4n) is 2.67. The molecule has 2 N–H and O–H groups in total. The molecule has 1 aliphatic heterocycles. The molecule has 10 heteroatoms. The summed E-state index contributed by atoms with van der Waals surface area (Å²) in [7, 11) is 2.91. The van der Waals surface area contributed by atoms with Crippen LogP contribution < -0.4 is 15.4 Å². The summed E-state index contributed by atoms with van der Waals surface area (Å²) < 4.78 is 55.5. The second kappa shape index (κ2) is 12.3. The Balaban J connectivity index is 0.00000392. The Morgan fingerprint density at radius 1 is 1.32 bits per heavy atom. The molecule has 1 aromatic rings. The molecule has 6 nitrogen and oxygen atoms in total. The molecule has 2 rings (SSSR count). The van der Waals surface area contributed by atoms with Crippen molar-refractivity contribution in [2.24, 2.45) is 4.99 Å². The molecule has 0 radical (unpaired) electrons. The highest BCUT2D eigenvalue weighted by Crippen LogP contribution is 2.34. The van der Waals surface area contributed by atoms with Crippen LogP contribution in [-0.2, 0) is 22.2 Å². The molecule has 1 unspecified atom stereocenters. The quantitative estimate of drug-likeness (QED) is 0.240. The maximum absolute atomic E-state index is 13.2. The Morgan fingerprint density at radius 3 is 2.71 bits per heavy atom. The number of benzene rings is 1. The van der Waals surface area contributed by atoms with Gasteiger partial charge in [-0.05, 0) is 30.5 Å². The van der Waals surface area contributed by atoms with Crippen LogP contribution in [0.4, 0.5) is 13.2 Å². The minimum atomic E-state index is -4.45. The average Bonchev–Trinajstić information content (AvgIpc) is 3.16. The van der Waals surface area contributed by atoms with Crippen LogP contribution in [0.2, 0.25) is 0 Å². The van der Waals surface area contributed by atoms with Gasteiger partial charge in [0.2, 0.25) is 0 Å². The summed E-state index contributed by atoms with van der Waals surface area (Å²) in [6.45, 7) is 2.57. The molecule has 1 heterocycles. The highest BCUT2D eigenvalue weighted by molar-refractivity contribution is 14.0. The van der Waals surface area contributed by atoms with Crippen molar-refractivity contribution in [1.29, 1.82) is 0 Å². The molecule has 1 atom stereocenters. The van der Waals surface area contributed by atoms with E-state index in [0.29, 0.717) is 25.7 Å². The lowest BCUT2D eigenvalue weighted by Crippen LogP contribution is -2.38. The van der Waals surface area contributed by atoms with Crippen LogP contribution in [0.1, 0.15) is 24.0 Å². The minimum Gasteiger partial charge on any atom is -0.497 e. The van der Waals surface area contributed by atoms with Crippen molar-refractivity contribution >= 4 is 29.9 Å². The predicted molar refractivity (Wildman–Crippen MR) is 111 cm³/mol. The first-order valence-electron chi connectivity index (χ1n) is 8.82. The zero-order valence-corrected chi connectivity index (χ0v) is 18.3. The van der Waals surface area contributed by atoms with Crippen molar-refractivity contribution in [2.45, 2.75) is 31.7 Å². The molecule has 0 bridgehead atoms. The van der Waals surface area contributed by atoms with Gasteiger partial charge < -0.3 is 24.8 Å². The number of methoxy groups -OCH3 is 1. The summed E-state index contributed by atoms with van der Waals surface area (Å²) in [6, 6.07) is 3.91. The number of hydrogen-bond donors (Lipinski definition) is 2. The number of alkyl halides is 3. The largest absolute Gasteiger partial charge is 0.497 e. The van der Waals surface area contributed by atoms with Crippen LogP contribution in [0.25, 0.3) is 0 Å². The van der Waals surface area contributed by atoms with Gasteiger partial charge in [-0.2, -0.15) is 13.2 Å². The summed E-state index contributed by atoms with van der Waals surface area (Å²) in [6.07, 6.45) is -2.62. The normalized spacial score (nSPS) is 17.2. The number of nitrogens with zero attached hydrogens (tertiary/aromatic N) is 1. The third-order valence-corrected chi connectivity index (χ3v) is 4.15. The standard InChI is InChI=1S/C18H26F3N3O3.HI/c1-22-17(23-7-3-8-27-15-6-9-26-12-15)24-11-13-4-5-14(25-2)10-16(13)18(19,20)21;/h4-5,10,15H,3,6-9,11-12H2,1-2H3,(H2,22,23,24);1H. The van der Waals surface area contributed by atoms with Crippen molar-refractivity contribution in [3.8, 4) is 5.75 Å². The molecule has 28 heavy (non-hydrogen) atoms. The highest BCUT2D eigenvalue weighted by atomic mass is 127. The summed E-state index contributed by atoms with van der Waals surface area (Å²) in [4.78, 5) is 4.03. The van der Waals surface area contributed by atoms with E-state index in [2.05, 4.69) is 15.6 Å². The van der Waals surface area contributed by atoms with E-state index < -0.39 is 11.7 Å². The molecule has 0 aliphatic carbocycles. The Kier molecular flexibility index (Phi) is 10.9. The second-order valence-corrected chi connectivity index (χ2v) is 6.08. The van der Waals surface area contributed by atoms with Gasteiger partial charge in [-0.1, -0.05) is 6.07 Å². The molecule has 1 saturated heterocycles. The molecule has 0 aromatic heterocycles. The number of hydrogen-bond acceptors (Lipinski definition) is 4. The lowest BCUT2D eigenvalue weighted by Gasteiger charge is -2.17. The zero-order valence-electron chi connectivity index (χ0n) is 16.0. The zero-order chi connectivity index (χ0) is 19.7. The van der Waals surface area contributed by atoms with Gasteiger partial charge in [0.25, 0.3) is 0 Å². The molecule has 0 spiro atoms. The number of rotatable bonds is 8. The van der Waals surface area contributed by atoms with Gasteiger partial charge in [0.1, 0.15) is 5.75 Å². The van der Waals surface area contributed by atoms with E-state index in [-0.39, 0.29) is 47.9 Å². The maximum Gasteiger partial charge on any atom is 0.416 e. The Hall–Kier alpha value is -1.27. The molecule has 1 aromatic carbocycles. The molecule has 1 aliphatic rings. The van der Waals surface area contributed by atoms with Gasteiger partial charge in [-0.3, -0.25) is 4.99 Å². The van der Waals surface area contributed by atoms with Gasteiger partial charge in [0, 0.05) is 33.4 Å². The third-order valence-electron chi connectivity index (χ3n) is 4.15. The number of nitrogens with one attached hydrogen (secondary N) is 2. The van der Waals surface area contributed by atoms with Crippen LogP contribution in [-0.4, -0.2) is 52.6 Å². The number of aliphatic imine (C=N–C) groups is 1. The number of halogens is 4. The Labute approximate surface area is 180 Å². The molecular weight excluding hydrogens is 490 g/mol. The lowest BCUT2D eigenvalue weighted by atomic mass is 10.1. The van der Waals surface area contributed by atoms with Gasteiger partial charge in [0.15, 0.2) is 5.96 Å². The average molecular weight is 517 g/mol. The second-order valence-electron chi connectivity index (χ2n) is 6.08. The number of guanidine groups is 1. The van der Waals surface area contributed by atoms with E-state index >= 15 is 0 Å². The first-order valence-corrected chi connectivity index (χ1v) is 8.82. The minimum absolute atomic E-state index is 0. The fourth-order valence-corrected chi connectivity index (χ4v) is 2.67. The van der Waals surface area contributed by atoms with Gasteiger partial charge in [-0.25, -0.2) is 0 Å². The number of ether oxygens (including phenoxy) is 3. The van der Waals surface area contributed by atoms with Crippen molar-refractivity contribution in [3.63, 3.8) is 0 Å². The van der Waals surface area contributed by atoms with Crippen molar-refractivity contribution in [3.05, 3.63) is 29.3 Å². The van der Waals surface area contributed by atoms with Crippen molar-refractivity contribution in [1.82, 2.24) is 10.6 Å². The Morgan fingerprint density at radius 2 is 2.11 bits per heavy atom. The summed E-state index contributed by atoms with van der Waals surface area (Å²) in [5, 5.41) is 5.97. The molecule has 1 fully saturated rings. The van der Waals surface area contributed by atoms with Crippen molar-refractivity contribution < 1.29 is 27.4 Å². The molecular formula is C18H27F3IN3O3. The highest BCUT2D eigenvalue weighted by Gasteiger charge is 2.33. The monoisotopic (exact) mass is 517 g/mol. The maximum atomic E-state index is 13.2. The van der Waals surface area contributed by atoms with Crippen LogP contribution in [0.15, 0.2) is 23.2 Å². The summed E-state index contributed by atoms with van der Waals surface area (Å²) in [5.74, 6) is 0.601. The molecule has 0 saturated carbocycles. The van der Waals surface area contributed by atoms with E-state index in [1.54, 1.807) is 7.05 Å². The molecule has 160 valence electrons. The van der Waals surface area contributed by atoms with E-state index in [4.69, 9.17) is 14.2 Å². The topological polar surface area (TPSA) is 64.1 Å². The van der Waals surface area contributed by atoms with E-state index in [1.165, 1.54) is 19.2 Å². The van der Waals surface area contributed by atoms with Gasteiger partial charge >= 0.3 is 6.18 Å². The van der Waals surface area contributed by atoms with Gasteiger partial charge in [0.05, 0.1) is 25.4 Å².